The zero-order valence-corrected chi connectivity index (χ0v) is 20.7. The van der Waals surface area contributed by atoms with Gasteiger partial charge < -0.3 is 19.6 Å². The Kier molecular flexibility index (Phi) is 5.49. The van der Waals surface area contributed by atoms with E-state index >= 15 is 0 Å². The van der Waals surface area contributed by atoms with Crippen LogP contribution in [0.2, 0.25) is 0 Å². The highest BCUT2D eigenvalue weighted by molar-refractivity contribution is 7.98. The number of aromatic nitrogens is 2. The van der Waals surface area contributed by atoms with Crippen molar-refractivity contribution in [2.24, 2.45) is 0 Å². The number of amides is 1. The van der Waals surface area contributed by atoms with Gasteiger partial charge >= 0.3 is 6.09 Å². The second kappa shape index (κ2) is 8.71. The molecule has 36 heavy (non-hydrogen) atoms. The van der Waals surface area contributed by atoms with E-state index in [1.165, 1.54) is 27.8 Å². The summed E-state index contributed by atoms with van der Waals surface area (Å²) >= 11 is 1.45. The molecule has 0 radical (unpaired) electrons. The number of anilines is 1. The molecule has 3 aromatic rings. The largest absolute Gasteiger partial charge is 0.465 e. The Morgan fingerprint density at radius 3 is 2.50 bits per heavy atom. The molecule has 2 aliphatic heterocycles. The Morgan fingerprint density at radius 1 is 1.17 bits per heavy atom. The minimum atomic E-state index is -0.992. The lowest BCUT2D eigenvalue weighted by atomic mass is 9.83. The van der Waals surface area contributed by atoms with Crippen LogP contribution in [0.5, 0.6) is 5.88 Å². The van der Waals surface area contributed by atoms with Crippen molar-refractivity contribution < 1.29 is 14.6 Å². The number of hydrogen-bond donors (Lipinski definition) is 1. The first-order valence-corrected chi connectivity index (χ1v) is 13.2. The van der Waals surface area contributed by atoms with Crippen molar-refractivity contribution in [1.82, 2.24) is 14.9 Å². The molecule has 1 saturated heterocycles. The maximum absolute atomic E-state index is 11.7. The van der Waals surface area contributed by atoms with E-state index in [-0.39, 0.29) is 6.42 Å². The number of piperazine rings is 1. The summed E-state index contributed by atoms with van der Waals surface area (Å²) in [7, 11) is 0. The molecule has 0 saturated carbocycles. The van der Waals surface area contributed by atoms with Gasteiger partial charge in [-0.2, -0.15) is 10.2 Å². The first kappa shape index (κ1) is 22.7. The summed E-state index contributed by atoms with van der Waals surface area (Å²) in [4.78, 5) is 24.8. The third kappa shape index (κ3) is 3.39. The average molecular weight is 500 g/mol. The van der Waals surface area contributed by atoms with Crippen molar-refractivity contribution in [1.29, 1.82) is 5.26 Å². The Hall–Kier alpha value is -3.77. The molecule has 1 N–H and O–H groups in total. The molecule has 1 aromatic heterocycles. The van der Waals surface area contributed by atoms with E-state index in [1.807, 2.05) is 6.26 Å². The van der Waals surface area contributed by atoms with Crippen LogP contribution in [-0.2, 0) is 12.0 Å². The van der Waals surface area contributed by atoms with E-state index in [9.17, 15) is 15.2 Å². The van der Waals surface area contributed by atoms with Crippen molar-refractivity contribution in [3.63, 3.8) is 0 Å². The molecule has 1 atom stereocenters. The summed E-state index contributed by atoms with van der Waals surface area (Å²) < 4.78 is 6.89. The predicted octanol–water partition coefficient (Wildman–Crippen LogP) is 4.53. The number of rotatable bonds is 3. The Labute approximate surface area is 213 Å². The van der Waals surface area contributed by atoms with E-state index in [2.05, 4.69) is 59.5 Å². The summed E-state index contributed by atoms with van der Waals surface area (Å²) in [6.45, 7) is 1.23. The number of hydrogen-bond acceptors (Lipinski definition) is 7. The predicted molar refractivity (Wildman–Crippen MR) is 136 cm³/mol. The number of nitriles is 1. The summed E-state index contributed by atoms with van der Waals surface area (Å²) in [5.41, 5.74) is 5.05. The first-order chi connectivity index (χ1) is 17.6. The summed E-state index contributed by atoms with van der Waals surface area (Å²) in [5.74, 6) is 1.37. The SMILES string of the molecule is CSc1nc2c(c(N3CCN(C(=O)O)[C@@H](CC#N)C3)n1)CCC1(O2)c2ccccc2-c2ccccc21. The molecule has 0 unspecified atom stereocenters. The molecule has 1 fully saturated rings. The quantitative estimate of drug-likeness (QED) is 0.414. The third-order valence-electron chi connectivity index (χ3n) is 7.48. The minimum Gasteiger partial charge on any atom is -0.465 e. The molecule has 6 rings (SSSR count). The lowest BCUT2D eigenvalue weighted by Gasteiger charge is -2.42. The number of carbonyl (C=O) groups is 1. The van der Waals surface area contributed by atoms with Crippen LogP contribution in [0, 0.1) is 11.3 Å². The van der Waals surface area contributed by atoms with Gasteiger partial charge in [-0.25, -0.2) is 9.78 Å². The number of fused-ring (bicyclic) bond motifs is 6. The molecular formula is C27H25N5O3S. The summed E-state index contributed by atoms with van der Waals surface area (Å²) in [5, 5.41) is 19.5. The zero-order chi connectivity index (χ0) is 24.9. The molecule has 3 aliphatic rings. The first-order valence-electron chi connectivity index (χ1n) is 12.0. The number of carboxylic acid groups (broad SMARTS) is 1. The highest BCUT2D eigenvalue weighted by Gasteiger charge is 2.48. The van der Waals surface area contributed by atoms with Gasteiger partial charge in [-0.15, -0.1) is 0 Å². The average Bonchev–Trinajstić information content (AvgIpc) is 3.17. The molecule has 8 nitrogen and oxygen atoms in total. The van der Waals surface area contributed by atoms with E-state index in [1.54, 1.807) is 0 Å². The van der Waals surface area contributed by atoms with E-state index < -0.39 is 17.7 Å². The maximum Gasteiger partial charge on any atom is 0.407 e. The topological polar surface area (TPSA) is 103 Å². The van der Waals surface area contributed by atoms with Crippen LogP contribution in [0.4, 0.5) is 10.6 Å². The molecule has 9 heteroatoms. The normalized spacial score (nSPS) is 19.2. The van der Waals surface area contributed by atoms with Crippen molar-refractivity contribution >= 4 is 23.7 Å². The second-order valence-electron chi connectivity index (χ2n) is 9.28. The van der Waals surface area contributed by atoms with Crippen molar-refractivity contribution in [2.75, 3.05) is 30.8 Å². The molecular weight excluding hydrogens is 474 g/mol. The van der Waals surface area contributed by atoms with Crippen molar-refractivity contribution in [3.05, 3.63) is 65.2 Å². The number of benzene rings is 2. The summed E-state index contributed by atoms with van der Waals surface area (Å²) in [6.07, 6.45) is 2.56. The lowest BCUT2D eigenvalue weighted by Crippen LogP contribution is -2.55. The van der Waals surface area contributed by atoms with Crippen molar-refractivity contribution in [3.8, 4) is 23.1 Å². The molecule has 3 heterocycles. The highest BCUT2D eigenvalue weighted by atomic mass is 32.2. The van der Waals surface area contributed by atoms with Gasteiger partial charge in [0.1, 0.15) is 5.82 Å². The monoisotopic (exact) mass is 499 g/mol. The second-order valence-corrected chi connectivity index (χ2v) is 10.0. The Morgan fingerprint density at radius 2 is 1.86 bits per heavy atom. The molecule has 1 aliphatic carbocycles. The van der Waals surface area contributed by atoms with Crippen LogP contribution < -0.4 is 9.64 Å². The lowest BCUT2D eigenvalue weighted by molar-refractivity contribution is 0.0813. The van der Waals surface area contributed by atoms with Crippen LogP contribution >= 0.6 is 11.8 Å². The van der Waals surface area contributed by atoms with Gasteiger partial charge in [0.05, 0.1) is 24.1 Å². The highest BCUT2D eigenvalue weighted by Crippen LogP contribution is 2.54. The van der Waals surface area contributed by atoms with Crippen LogP contribution in [0.3, 0.4) is 0 Å². The third-order valence-corrected chi connectivity index (χ3v) is 8.02. The fourth-order valence-corrected chi connectivity index (χ4v) is 6.20. The molecule has 1 spiro atoms. The van der Waals surface area contributed by atoms with E-state index in [4.69, 9.17) is 14.7 Å². The minimum absolute atomic E-state index is 0.138. The van der Waals surface area contributed by atoms with Gasteiger partial charge in [-0.1, -0.05) is 60.3 Å². The fourth-order valence-electron chi connectivity index (χ4n) is 5.85. The van der Waals surface area contributed by atoms with Crippen LogP contribution in [0.15, 0.2) is 53.7 Å². The van der Waals surface area contributed by atoms with Gasteiger partial charge in [0.15, 0.2) is 10.8 Å². The van der Waals surface area contributed by atoms with Gasteiger partial charge in [0.2, 0.25) is 5.88 Å². The van der Waals surface area contributed by atoms with Gasteiger partial charge in [0, 0.05) is 37.2 Å². The number of thioether (sulfide) groups is 1. The Bertz CT molecular complexity index is 1360. The van der Waals surface area contributed by atoms with Crippen LogP contribution in [0.25, 0.3) is 11.1 Å². The molecule has 0 bridgehead atoms. The van der Waals surface area contributed by atoms with Crippen molar-refractivity contribution in [2.45, 2.75) is 36.1 Å². The van der Waals surface area contributed by atoms with E-state index in [0.717, 1.165) is 35.3 Å². The smallest absolute Gasteiger partial charge is 0.407 e. The van der Waals surface area contributed by atoms with Gasteiger partial charge in [-0.3, -0.25) is 0 Å². The zero-order valence-electron chi connectivity index (χ0n) is 19.8. The van der Waals surface area contributed by atoms with Crippen LogP contribution in [-0.4, -0.2) is 58.0 Å². The van der Waals surface area contributed by atoms with Crippen LogP contribution in [0.1, 0.15) is 29.5 Å². The summed E-state index contributed by atoms with van der Waals surface area (Å²) in [6, 6.07) is 18.6. The molecule has 2 aromatic carbocycles. The van der Waals surface area contributed by atoms with Gasteiger partial charge in [0.25, 0.3) is 0 Å². The number of nitrogens with zero attached hydrogens (tertiary/aromatic N) is 5. The van der Waals surface area contributed by atoms with Gasteiger partial charge in [-0.05, 0) is 23.8 Å². The maximum atomic E-state index is 11.7. The van der Waals surface area contributed by atoms with E-state index in [0.29, 0.717) is 30.7 Å². The Balaban J connectivity index is 1.42. The molecule has 1 amide bonds. The fraction of sp³-hybridized carbons (Fsp3) is 0.333. The standard InChI is InChI=1S/C27H25N5O3S/c1-36-25-29-23(31-14-15-32(26(33)34)17(16-31)11-13-28)20-10-12-27(35-24(20)30-25)21-8-4-2-6-18(21)19-7-3-5-9-22(19)27/h2-9,17H,10-12,14-16H2,1H3,(H,33,34)/t17-/m0/s1. The molecule has 182 valence electrons. The number of ether oxygens (including phenoxy) is 1.